The topological polar surface area (TPSA) is 64.4 Å². The molecular formula is C8H10N2O3. The van der Waals surface area contributed by atoms with Gasteiger partial charge in [0.05, 0.1) is 13.2 Å². The van der Waals surface area contributed by atoms with Crippen LogP contribution in [0.4, 0.5) is 0 Å². The van der Waals surface area contributed by atoms with Crippen LogP contribution in [-0.4, -0.2) is 27.4 Å². The summed E-state index contributed by atoms with van der Waals surface area (Å²) in [7, 11) is 0. The van der Waals surface area contributed by atoms with E-state index in [2.05, 4.69) is 4.98 Å². The van der Waals surface area contributed by atoms with Gasteiger partial charge in [0.25, 0.3) is 11.6 Å². The Labute approximate surface area is 74.6 Å². The van der Waals surface area contributed by atoms with E-state index in [0.29, 0.717) is 18.2 Å². The molecule has 2 heterocycles. The van der Waals surface area contributed by atoms with Crippen LogP contribution < -0.4 is 10.3 Å². The third kappa shape index (κ3) is 1.31. The zero-order valence-electron chi connectivity index (χ0n) is 7.23. The fourth-order valence-corrected chi connectivity index (χ4v) is 1.34. The number of hydrogen-bond acceptors (Lipinski definition) is 4. The van der Waals surface area contributed by atoms with Gasteiger partial charge in [-0.2, -0.15) is 0 Å². The molecule has 70 valence electrons. The van der Waals surface area contributed by atoms with E-state index in [-0.39, 0.29) is 18.3 Å². The average molecular weight is 182 g/mol. The third-order valence-electron chi connectivity index (χ3n) is 1.96. The van der Waals surface area contributed by atoms with Crippen molar-refractivity contribution in [3.05, 3.63) is 22.1 Å². The molecule has 1 aliphatic rings. The highest BCUT2D eigenvalue weighted by Gasteiger charge is 2.23. The van der Waals surface area contributed by atoms with Crippen molar-refractivity contribution in [1.29, 1.82) is 0 Å². The Morgan fingerprint density at radius 2 is 2.62 bits per heavy atom. The van der Waals surface area contributed by atoms with E-state index < -0.39 is 0 Å². The molecule has 1 aliphatic heterocycles. The van der Waals surface area contributed by atoms with Crippen LogP contribution >= 0.6 is 0 Å². The largest absolute Gasteiger partial charge is 0.457 e. The molecule has 5 heteroatoms. The monoisotopic (exact) mass is 182 g/mol. The van der Waals surface area contributed by atoms with Gasteiger partial charge in [0, 0.05) is 11.8 Å². The molecule has 0 spiro atoms. The van der Waals surface area contributed by atoms with Crippen LogP contribution in [-0.2, 0) is 6.54 Å². The minimum absolute atomic E-state index is 0.0954. The van der Waals surface area contributed by atoms with Crippen molar-refractivity contribution in [3.63, 3.8) is 0 Å². The second-order valence-corrected chi connectivity index (χ2v) is 3.05. The molecule has 1 aromatic heterocycles. The summed E-state index contributed by atoms with van der Waals surface area (Å²) in [6.45, 7) is 2.03. The fourth-order valence-electron chi connectivity index (χ4n) is 1.34. The molecule has 0 aliphatic carbocycles. The molecular weight excluding hydrogens is 172 g/mol. The number of nitrogens with zero attached hydrogens (tertiary/aromatic N) is 2. The Kier molecular flexibility index (Phi) is 1.81. The SMILES string of the molecule is Cc1cc(=O)n2c(n1)O[C@H](CO)C2. The van der Waals surface area contributed by atoms with Gasteiger partial charge in [-0.1, -0.05) is 0 Å². The molecule has 1 atom stereocenters. The standard InChI is InChI=1S/C8H10N2O3/c1-5-2-7(12)10-3-6(4-11)13-8(10)9-5/h2,6,11H,3-4H2,1H3/t6-/m0/s1. The number of fused-ring (bicyclic) bond motifs is 1. The number of aliphatic hydroxyl groups is 1. The molecule has 1 N–H and O–H groups in total. The van der Waals surface area contributed by atoms with Gasteiger partial charge in [-0.3, -0.25) is 9.36 Å². The highest BCUT2D eigenvalue weighted by atomic mass is 16.5. The lowest BCUT2D eigenvalue weighted by atomic mass is 10.4. The lowest BCUT2D eigenvalue weighted by Gasteiger charge is -2.02. The van der Waals surface area contributed by atoms with Crippen LogP contribution in [0.1, 0.15) is 5.69 Å². The minimum Gasteiger partial charge on any atom is -0.457 e. The fraction of sp³-hybridized carbons (Fsp3) is 0.500. The highest BCUT2D eigenvalue weighted by molar-refractivity contribution is 5.10. The first-order chi connectivity index (χ1) is 6.20. The van der Waals surface area contributed by atoms with Crippen LogP contribution in [0.3, 0.4) is 0 Å². The van der Waals surface area contributed by atoms with Crippen LogP contribution in [0.2, 0.25) is 0 Å². The number of aromatic nitrogens is 2. The van der Waals surface area contributed by atoms with Crippen molar-refractivity contribution in [1.82, 2.24) is 9.55 Å². The molecule has 0 amide bonds. The average Bonchev–Trinajstić information content (AvgIpc) is 2.47. The summed E-state index contributed by atoms with van der Waals surface area (Å²) >= 11 is 0. The molecule has 0 saturated carbocycles. The quantitative estimate of drug-likeness (QED) is 0.624. The van der Waals surface area contributed by atoms with Crippen molar-refractivity contribution in [3.8, 4) is 6.01 Å². The van der Waals surface area contributed by atoms with Gasteiger partial charge >= 0.3 is 0 Å². The number of aliphatic hydroxyl groups excluding tert-OH is 1. The van der Waals surface area contributed by atoms with Gasteiger partial charge in [-0.05, 0) is 6.92 Å². The maximum absolute atomic E-state index is 11.4. The van der Waals surface area contributed by atoms with E-state index in [0.717, 1.165) is 0 Å². The van der Waals surface area contributed by atoms with E-state index in [1.165, 1.54) is 10.6 Å². The first-order valence-electron chi connectivity index (χ1n) is 4.06. The smallest absolute Gasteiger partial charge is 0.299 e. The molecule has 5 nitrogen and oxygen atoms in total. The second kappa shape index (κ2) is 2.85. The van der Waals surface area contributed by atoms with Crippen molar-refractivity contribution in [2.45, 2.75) is 19.6 Å². The summed E-state index contributed by atoms with van der Waals surface area (Å²) in [5.74, 6) is 0. The van der Waals surface area contributed by atoms with Crippen molar-refractivity contribution in [2.24, 2.45) is 0 Å². The number of rotatable bonds is 1. The van der Waals surface area contributed by atoms with E-state index >= 15 is 0 Å². The van der Waals surface area contributed by atoms with Gasteiger partial charge in [0.15, 0.2) is 0 Å². The Morgan fingerprint density at radius 3 is 3.31 bits per heavy atom. The van der Waals surface area contributed by atoms with Gasteiger partial charge < -0.3 is 9.84 Å². The summed E-state index contributed by atoms with van der Waals surface area (Å²) in [6.07, 6.45) is -0.331. The molecule has 2 rings (SSSR count). The Hall–Kier alpha value is -1.36. The molecule has 0 unspecified atom stereocenters. The second-order valence-electron chi connectivity index (χ2n) is 3.05. The summed E-state index contributed by atoms with van der Waals surface area (Å²) in [4.78, 5) is 15.4. The van der Waals surface area contributed by atoms with E-state index in [9.17, 15) is 4.79 Å². The molecule has 0 aromatic carbocycles. The normalized spacial score (nSPS) is 19.7. The van der Waals surface area contributed by atoms with Gasteiger partial charge in [0.1, 0.15) is 6.10 Å². The summed E-state index contributed by atoms with van der Waals surface area (Å²) < 4.78 is 6.64. The number of aryl methyl sites for hydroxylation is 1. The molecule has 0 fully saturated rings. The maximum Gasteiger partial charge on any atom is 0.299 e. The maximum atomic E-state index is 11.4. The predicted octanol–water partition coefficient (Wildman–Crippen LogP) is -0.695. The van der Waals surface area contributed by atoms with E-state index in [4.69, 9.17) is 9.84 Å². The van der Waals surface area contributed by atoms with Crippen molar-refractivity contribution in [2.75, 3.05) is 6.61 Å². The Balaban J connectivity index is 2.46. The van der Waals surface area contributed by atoms with E-state index in [1.807, 2.05) is 0 Å². The first kappa shape index (κ1) is 8.25. The lowest BCUT2D eigenvalue weighted by molar-refractivity contribution is 0.130. The van der Waals surface area contributed by atoms with Crippen LogP contribution in [0.25, 0.3) is 0 Å². The molecule has 0 saturated heterocycles. The third-order valence-corrected chi connectivity index (χ3v) is 1.96. The minimum atomic E-state index is -0.331. The Bertz CT molecular complexity index is 385. The predicted molar refractivity (Wildman–Crippen MR) is 44.7 cm³/mol. The summed E-state index contributed by atoms with van der Waals surface area (Å²) in [5, 5.41) is 8.83. The summed E-state index contributed by atoms with van der Waals surface area (Å²) in [6, 6.07) is 1.76. The van der Waals surface area contributed by atoms with Gasteiger partial charge in [-0.25, -0.2) is 4.98 Å². The molecule has 0 radical (unpaired) electrons. The zero-order chi connectivity index (χ0) is 9.42. The van der Waals surface area contributed by atoms with Gasteiger partial charge in [-0.15, -0.1) is 0 Å². The van der Waals surface area contributed by atoms with Gasteiger partial charge in [0.2, 0.25) is 0 Å². The molecule has 1 aromatic rings. The molecule has 13 heavy (non-hydrogen) atoms. The lowest BCUT2D eigenvalue weighted by Crippen LogP contribution is -2.22. The van der Waals surface area contributed by atoms with Crippen LogP contribution in [0, 0.1) is 6.92 Å². The zero-order valence-corrected chi connectivity index (χ0v) is 7.23. The first-order valence-corrected chi connectivity index (χ1v) is 4.06. The Morgan fingerprint density at radius 1 is 1.85 bits per heavy atom. The van der Waals surface area contributed by atoms with Crippen molar-refractivity contribution >= 4 is 0 Å². The number of hydrogen-bond donors (Lipinski definition) is 1. The summed E-state index contributed by atoms with van der Waals surface area (Å²) in [5.41, 5.74) is 0.508. The van der Waals surface area contributed by atoms with Crippen molar-refractivity contribution < 1.29 is 9.84 Å². The highest BCUT2D eigenvalue weighted by Crippen LogP contribution is 2.15. The van der Waals surface area contributed by atoms with Crippen LogP contribution in [0.15, 0.2) is 10.9 Å². The molecule has 0 bridgehead atoms. The van der Waals surface area contributed by atoms with E-state index in [1.54, 1.807) is 6.92 Å². The van der Waals surface area contributed by atoms with Crippen LogP contribution in [0.5, 0.6) is 6.01 Å². The number of ether oxygens (including phenoxy) is 1.